The van der Waals surface area contributed by atoms with Crippen LogP contribution >= 0.6 is 0 Å². The fourth-order valence-electron chi connectivity index (χ4n) is 0.421. The third-order valence-corrected chi connectivity index (χ3v) is 0.782. The van der Waals surface area contributed by atoms with Gasteiger partial charge < -0.3 is 9.84 Å². The van der Waals surface area contributed by atoms with Crippen LogP contribution in [0.1, 0.15) is 6.42 Å². The number of ether oxygens (including phenoxy) is 1. The molecule has 0 aromatic carbocycles. The van der Waals surface area contributed by atoms with Crippen LogP contribution < -0.4 is 0 Å². The summed E-state index contributed by atoms with van der Waals surface area (Å²) in [6, 6.07) is 0. The van der Waals surface area contributed by atoms with E-state index in [2.05, 4.69) is 4.74 Å². The Hall–Kier alpha value is -0.360. The average Bonchev–Trinajstić information content (AvgIpc) is 1.79. The maximum Gasteiger partial charge on any atom is 0.394 e. The molecule has 11 heavy (non-hydrogen) atoms. The molecule has 0 aliphatic rings. The van der Waals surface area contributed by atoms with Crippen molar-refractivity contribution in [3.8, 4) is 0 Å². The van der Waals surface area contributed by atoms with Crippen LogP contribution in [0, 0.1) is 0 Å². The van der Waals surface area contributed by atoms with E-state index in [1.165, 1.54) is 0 Å². The van der Waals surface area contributed by atoms with Crippen molar-refractivity contribution in [2.24, 2.45) is 0 Å². The molecule has 0 spiro atoms. The lowest BCUT2D eigenvalue weighted by molar-refractivity contribution is -0.184. The van der Waals surface area contributed by atoms with Crippen molar-refractivity contribution in [2.75, 3.05) is 13.2 Å². The SMILES string of the molecule is OCCOC(F)CC(F)(F)F. The van der Waals surface area contributed by atoms with E-state index in [1.807, 2.05) is 0 Å². The van der Waals surface area contributed by atoms with Gasteiger partial charge in [0.1, 0.15) is 0 Å². The van der Waals surface area contributed by atoms with Crippen molar-refractivity contribution in [3.05, 3.63) is 0 Å². The van der Waals surface area contributed by atoms with Gasteiger partial charge in [0.2, 0.25) is 6.36 Å². The summed E-state index contributed by atoms with van der Waals surface area (Å²) >= 11 is 0. The molecule has 0 heterocycles. The Morgan fingerprint density at radius 3 is 2.27 bits per heavy atom. The Balaban J connectivity index is 3.44. The first-order valence-electron chi connectivity index (χ1n) is 2.89. The van der Waals surface area contributed by atoms with Crippen molar-refractivity contribution in [1.29, 1.82) is 0 Å². The van der Waals surface area contributed by atoms with Crippen molar-refractivity contribution >= 4 is 0 Å². The highest BCUT2D eigenvalue weighted by Gasteiger charge is 2.32. The third kappa shape index (κ3) is 7.54. The van der Waals surface area contributed by atoms with Crippen LogP contribution in [0.5, 0.6) is 0 Å². The number of rotatable bonds is 4. The molecule has 0 radical (unpaired) electrons. The Labute approximate surface area is 60.8 Å². The number of hydrogen-bond acceptors (Lipinski definition) is 2. The second-order valence-corrected chi connectivity index (χ2v) is 1.82. The van der Waals surface area contributed by atoms with Crippen molar-refractivity contribution < 1.29 is 27.4 Å². The van der Waals surface area contributed by atoms with Gasteiger partial charge in [0.05, 0.1) is 19.6 Å². The van der Waals surface area contributed by atoms with Gasteiger partial charge in [-0.25, -0.2) is 4.39 Å². The van der Waals surface area contributed by atoms with Gasteiger partial charge in [0.25, 0.3) is 0 Å². The van der Waals surface area contributed by atoms with E-state index in [0.717, 1.165) is 0 Å². The molecule has 0 rings (SSSR count). The highest BCUT2D eigenvalue weighted by atomic mass is 19.4. The number of aliphatic hydroxyl groups excluding tert-OH is 1. The standard InChI is InChI=1S/C5H8F4O2/c6-4(11-2-1-10)3-5(7,8)9/h4,10H,1-3H2. The molecule has 0 saturated carbocycles. The topological polar surface area (TPSA) is 29.5 Å². The lowest BCUT2D eigenvalue weighted by Crippen LogP contribution is -2.19. The molecule has 0 aromatic rings. The summed E-state index contributed by atoms with van der Waals surface area (Å²) in [6.45, 7) is -0.907. The van der Waals surface area contributed by atoms with Crippen LogP contribution in [0.15, 0.2) is 0 Å². The Kier molecular flexibility index (Phi) is 4.36. The van der Waals surface area contributed by atoms with Crippen LogP contribution in [0.2, 0.25) is 0 Å². The molecule has 0 saturated heterocycles. The zero-order valence-electron chi connectivity index (χ0n) is 5.57. The molecular weight excluding hydrogens is 168 g/mol. The first kappa shape index (κ1) is 10.6. The quantitative estimate of drug-likeness (QED) is 0.653. The summed E-state index contributed by atoms with van der Waals surface area (Å²) in [5, 5.41) is 8.04. The van der Waals surface area contributed by atoms with Crippen molar-refractivity contribution in [2.45, 2.75) is 19.0 Å². The minimum absolute atomic E-state index is 0.419. The zero-order valence-corrected chi connectivity index (χ0v) is 5.57. The van der Waals surface area contributed by atoms with Gasteiger partial charge in [-0.05, 0) is 0 Å². The summed E-state index contributed by atoms with van der Waals surface area (Å²) in [5.41, 5.74) is 0. The van der Waals surface area contributed by atoms with Gasteiger partial charge in [-0.1, -0.05) is 0 Å². The van der Waals surface area contributed by atoms with Crippen LogP contribution in [-0.2, 0) is 4.74 Å². The smallest absolute Gasteiger partial charge is 0.394 e. The predicted molar refractivity (Wildman–Crippen MR) is 28.6 cm³/mol. The first-order chi connectivity index (χ1) is 4.95. The maximum atomic E-state index is 12.0. The molecule has 0 aromatic heterocycles. The Bertz CT molecular complexity index is 103. The molecule has 1 unspecified atom stereocenters. The minimum atomic E-state index is -4.56. The van der Waals surface area contributed by atoms with Gasteiger partial charge in [0.15, 0.2) is 0 Å². The molecular formula is C5H8F4O2. The number of hydrogen-bond donors (Lipinski definition) is 1. The third-order valence-electron chi connectivity index (χ3n) is 0.782. The summed E-state index contributed by atoms with van der Waals surface area (Å²) in [7, 11) is 0. The Morgan fingerprint density at radius 2 is 1.91 bits per heavy atom. The van der Waals surface area contributed by atoms with E-state index < -0.39 is 32.2 Å². The highest BCUT2D eigenvalue weighted by Crippen LogP contribution is 2.23. The van der Waals surface area contributed by atoms with E-state index in [0.29, 0.717) is 0 Å². The van der Waals surface area contributed by atoms with Crippen LogP contribution in [0.4, 0.5) is 17.6 Å². The molecule has 68 valence electrons. The maximum absolute atomic E-state index is 12.0. The number of halogens is 4. The number of aliphatic hydroxyl groups is 1. The molecule has 1 atom stereocenters. The van der Waals surface area contributed by atoms with Gasteiger partial charge in [-0.15, -0.1) is 0 Å². The molecule has 1 N–H and O–H groups in total. The first-order valence-corrected chi connectivity index (χ1v) is 2.89. The van der Waals surface area contributed by atoms with Crippen molar-refractivity contribution in [3.63, 3.8) is 0 Å². The number of alkyl halides is 4. The predicted octanol–water partition coefficient (Wildman–Crippen LogP) is 1.24. The van der Waals surface area contributed by atoms with E-state index >= 15 is 0 Å². The zero-order chi connectivity index (χ0) is 8.91. The second-order valence-electron chi connectivity index (χ2n) is 1.82. The molecule has 0 aliphatic carbocycles. The van der Waals surface area contributed by atoms with E-state index in [4.69, 9.17) is 5.11 Å². The second kappa shape index (κ2) is 4.50. The van der Waals surface area contributed by atoms with Crippen LogP contribution in [-0.4, -0.2) is 30.9 Å². The largest absolute Gasteiger partial charge is 0.394 e. The summed E-state index contributed by atoms with van der Waals surface area (Å²) in [4.78, 5) is 0. The molecule has 0 fully saturated rings. The Morgan fingerprint density at radius 1 is 1.36 bits per heavy atom. The van der Waals surface area contributed by atoms with E-state index in [9.17, 15) is 17.6 Å². The average molecular weight is 176 g/mol. The molecule has 0 amide bonds. The molecule has 6 heteroatoms. The van der Waals surface area contributed by atoms with Crippen LogP contribution in [0.3, 0.4) is 0 Å². The molecule has 0 bridgehead atoms. The molecule has 2 nitrogen and oxygen atoms in total. The van der Waals surface area contributed by atoms with Gasteiger partial charge in [-0.2, -0.15) is 13.2 Å². The van der Waals surface area contributed by atoms with E-state index in [1.54, 1.807) is 0 Å². The lowest BCUT2D eigenvalue weighted by atomic mass is 10.4. The van der Waals surface area contributed by atoms with E-state index in [-0.39, 0.29) is 0 Å². The van der Waals surface area contributed by atoms with Gasteiger partial charge in [-0.3, -0.25) is 0 Å². The normalized spacial score (nSPS) is 15.0. The van der Waals surface area contributed by atoms with Gasteiger partial charge >= 0.3 is 6.18 Å². The van der Waals surface area contributed by atoms with Crippen molar-refractivity contribution in [1.82, 2.24) is 0 Å². The van der Waals surface area contributed by atoms with Crippen LogP contribution in [0.25, 0.3) is 0 Å². The fraction of sp³-hybridized carbons (Fsp3) is 1.00. The summed E-state index contributed by atoms with van der Waals surface area (Å²) in [5.74, 6) is 0. The lowest BCUT2D eigenvalue weighted by Gasteiger charge is -2.10. The fourth-order valence-corrected chi connectivity index (χ4v) is 0.421. The monoisotopic (exact) mass is 176 g/mol. The molecule has 0 aliphatic heterocycles. The summed E-state index contributed by atoms with van der Waals surface area (Å²) in [6.07, 6.45) is -8.57. The highest BCUT2D eigenvalue weighted by molar-refractivity contribution is 4.52. The summed E-state index contributed by atoms with van der Waals surface area (Å²) < 4.78 is 50.0. The minimum Gasteiger partial charge on any atom is -0.394 e. The van der Waals surface area contributed by atoms with Gasteiger partial charge in [0, 0.05) is 0 Å².